The van der Waals surface area contributed by atoms with Gasteiger partial charge in [0.2, 0.25) is 0 Å². The average molecular weight is 202 g/mol. The van der Waals surface area contributed by atoms with Gasteiger partial charge < -0.3 is 9.73 Å². The molecule has 1 aliphatic rings. The number of halogens is 2. The summed E-state index contributed by atoms with van der Waals surface area (Å²) in [7, 11) is 0. The van der Waals surface area contributed by atoms with Crippen molar-refractivity contribution in [2.75, 3.05) is 13.1 Å². The highest BCUT2D eigenvalue weighted by Gasteiger charge is 2.19. The van der Waals surface area contributed by atoms with Crippen molar-refractivity contribution in [2.24, 2.45) is 5.92 Å². The van der Waals surface area contributed by atoms with Gasteiger partial charge in [0.05, 0.1) is 6.20 Å². The molecule has 1 fully saturated rings. The summed E-state index contributed by atoms with van der Waals surface area (Å²) in [6, 6.07) is 0. The molecule has 78 valence electrons. The Hall–Kier alpha value is -0.970. The Morgan fingerprint density at radius 2 is 2.50 bits per heavy atom. The lowest BCUT2D eigenvalue weighted by Crippen LogP contribution is -2.10. The molecule has 0 aliphatic carbocycles. The van der Waals surface area contributed by atoms with E-state index >= 15 is 0 Å². The van der Waals surface area contributed by atoms with Gasteiger partial charge in [0.25, 0.3) is 6.43 Å². The normalized spacial score (nSPS) is 22.1. The molecule has 1 saturated heterocycles. The first-order valence-corrected chi connectivity index (χ1v) is 4.69. The van der Waals surface area contributed by atoms with Gasteiger partial charge in [0.1, 0.15) is 0 Å². The summed E-state index contributed by atoms with van der Waals surface area (Å²) < 4.78 is 29.2. The summed E-state index contributed by atoms with van der Waals surface area (Å²) >= 11 is 0. The van der Waals surface area contributed by atoms with Crippen molar-refractivity contribution in [3.05, 3.63) is 17.8 Å². The van der Waals surface area contributed by atoms with Crippen LogP contribution in [0.1, 0.15) is 24.5 Å². The Morgan fingerprint density at radius 3 is 3.07 bits per heavy atom. The van der Waals surface area contributed by atoms with Crippen LogP contribution >= 0.6 is 0 Å². The van der Waals surface area contributed by atoms with Crippen LogP contribution in [-0.4, -0.2) is 18.1 Å². The first-order valence-electron chi connectivity index (χ1n) is 4.69. The number of nitrogens with one attached hydrogen (secondary N) is 1. The highest BCUT2D eigenvalue weighted by atomic mass is 19.3. The highest BCUT2D eigenvalue weighted by molar-refractivity contribution is 4.96. The standard InChI is InChI=1S/C9H12F2N2O/c10-9(11)7-5-13-8(14-7)3-6-1-2-12-4-6/h5-6,9,12H,1-4H2. The van der Waals surface area contributed by atoms with Crippen molar-refractivity contribution >= 4 is 0 Å². The first-order chi connectivity index (χ1) is 6.75. The van der Waals surface area contributed by atoms with E-state index in [0.717, 1.165) is 25.7 Å². The minimum absolute atomic E-state index is 0.328. The van der Waals surface area contributed by atoms with Crippen LogP contribution in [0.15, 0.2) is 10.6 Å². The van der Waals surface area contributed by atoms with Crippen LogP contribution in [-0.2, 0) is 6.42 Å². The van der Waals surface area contributed by atoms with Gasteiger partial charge in [-0.2, -0.15) is 0 Å². The SMILES string of the molecule is FC(F)c1cnc(CC2CCNC2)o1. The lowest BCUT2D eigenvalue weighted by atomic mass is 10.1. The second-order valence-corrected chi connectivity index (χ2v) is 3.52. The minimum atomic E-state index is -2.56. The van der Waals surface area contributed by atoms with Gasteiger partial charge in [-0.05, 0) is 25.4 Å². The summed E-state index contributed by atoms with van der Waals surface area (Å²) in [4.78, 5) is 3.83. The van der Waals surface area contributed by atoms with E-state index in [0.29, 0.717) is 18.2 Å². The number of rotatable bonds is 3. The van der Waals surface area contributed by atoms with Gasteiger partial charge in [-0.25, -0.2) is 13.8 Å². The molecule has 1 aromatic rings. The number of alkyl halides is 2. The third-order valence-electron chi connectivity index (χ3n) is 2.41. The molecule has 1 aromatic heterocycles. The molecule has 14 heavy (non-hydrogen) atoms. The second kappa shape index (κ2) is 4.04. The van der Waals surface area contributed by atoms with Gasteiger partial charge in [0.15, 0.2) is 11.7 Å². The Morgan fingerprint density at radius 1 is 1.64 bits per heavy atom. The maximum atomic E-state index is 12.1. The summed E-state index contributed by atoms with van der Waals surface area (Å²) in [5.41, 5.74) is 0. The minimum Gasteiger partial charge on any atom is -0.440 e. The van der Waals surface area contributed by atoms with Crippen LogP contribution in [0.3, 0.4) is 0 Å². The summed E-state index contributed by atoms with van der Waals surface area (Å²) in [6.45, 7) is 1.92. The average Bonchev–Trinajstić information content (AvgIpc) is 2.75. The van der Waals surface area contributed by atoms with Crippen LogP contribution in [0, 0.1) is 5.92 Å². The van der Waals surface area contributed by atoms with Gasteiger partial charge >= 0.3 is 0 Å². The summed E-state index contributed by atoms with van der Waals surface area (Å²) in [6.07, 6.45) is 0.270. The van der Waals surface area contributed by atoms with E-state index in [2.05, 4.69) is 10.3 Å². The molecule has 0 aromatic carbocycles. The van der Waals surface area contributed by atoms with E-state index in [1.807, 2.05) is 0 Å². The number of aromatic nitrogens is 1. The van der Waals surface area contributed by atoms with E-state index in [1.165, 1.54) is 0 Å². The largest absolute Gasteiger partial charge is 0.440 e. The molecule has 5 heteroatoms. The monoisotopic (exact) mass is 202 g/mol. The maximum Gasteiger partial charge on any atom is 0.297 e. The van der Waals surface area contributed by atoms with Crippen molar-refractivity contribution in [3.8, 4) is 0 Å². The highest BCUT2D eigenvalue weighted by Crippen LogP contribution is 2.21. The van der Waals surface area contributed by atoms with Crippen LogP contribution < -0.4 is 5.32 Å². The van der Waals surface area contributed by atoms with Crippen molar-refractivity contribution in [1.29, 1.82) is 0 Å². The molecule has 0 amide bonds. The molecule has 2 heterocycles. The van der Waals surface area contributed by atoms with E-state index in [-0.39, 0.29) is 5.76 Å². The number of hydrogen-bond donors (Lipinski definition) is 1. The van der Waals surface area contributed by atoms with Gasteiger partial charge in [0, 0.05) is 6.42 Å². The second-order valence-electron chi connectivity index (χ2n) is 3.52. The topological polar surface area (TPSA) is 38.1 Å². The molecule has 0 spiro atoms. The molecule has 0 bridgehead atoms. The summed E-state index contributed by atoms with van der Waals surface area (Å²) in [5, 5.41) is 3.20. The number of hydrogen-bond acceptors (Lipinski definition) is 3. The quantitative estimate of drug-likeness (QED) is 0.811. The third-order valence-corrected chi connectivity index (χ3v) is 2.41. The zero-order valence-electron chi connectivity index (χ0n) is 7.67. The molecular formula is C9H12F2N2O. The number of oxazole rings is 1. The maximum absolute atomic E-state index is 12.1. The lowest BCUT2D eigenvalue weighted by molar-refractivity contribution is 0.119. The fourth-order valence-electron chi connectivity index (χ4n) is 1.66. The molecule has 1 unspecified atom stereocenters. The third kappa shape index (κ3) is 2.09. The van der Waals surface area contributed by atoms with Crippen LogP contribution in [0.5, 0.6) is 0 Å². The molecule has 0 radical (unpaired) electrons. The molecule has 1 aliphatic heterocycles. The van der Waals surface area contributed by atoms with E-state index in [1.54, 1.807) is 0 Å². The Balaban J connectivity index is 1.95. The predicted molar refractivity (Wildman–Crippen MR) is 46.1 cm³/mol. The first kappa shape index (κ1) is 9.58. The van der Waals surface area contributed by atoms with E-state index in [9.17, 15) is 8.78 Å². The molecule has 1 atom stereocenters. The molecule has 0 saturated carbocycles. The summed E-state index contributed by atoms with van der Waals surface area (Å²) in [5.74, 6) is 0.569. The van der Waals surface area contributed by atoms with Crippen molar-refractivity contribution < 1.29 is 13.2 Å². The lowest BCUT2D eigenvalue weighted by Gasteiger charge is -2.03. The smallest absolute Gasteiger partial charge is 0.297 e. The van der Waals surface area contributed by atoms with Crippen LogP contribution in [0.25, 0.3) is 0 Å². The van der Waals surface area contributed by atoms with Crippen LogP contribution in [0.2, 0.25) is 0 Å². The zero-order valence-corrected chi connectivity index (χ0v) is 7.67. The number of nitrogens with zero attached hydrogens (tertiary/aromatic N) is 1. The van der Waals surface area contributed by atoms with Gasteiger partial charge in [-0.1, -0.05) is 0 Å². The Bertz CT molecular complexity index is 295. The van der Waals surface area contributed by atoms with Crippen molar-refractivity contribution in [3.63, 3.8) is 0 Å². The fraction of sp³-hybridized carbons (Fsp3) is 0.667. The van der Waals surface area contributed by atoms with Crippen LogP contribution in [0.4, 0.5) is 8.78 Å². The predicted octanol–water partition coefficient (Wildman–Crippen LogP) is 1.76. The molecule has 3 nitrogen and oxygen atoms in total. The van der Waals surface area contributed by atoms with Crippen molar-refractivity contribution in [1.82, 2.24) is 10.3 Å². The fourth-order valence-corrected chi connectivity index (χ4v) is 1.66. The van der Waals surface area contributed by atoms with E-state index < -0.39 is 6.43 Å². The molecular weight excluding hydrogens is 190 g/mol. The Labute approximate surface area is 80.5 Å². The molecule has 2 rings (SSSR count). The van der Waals surface area contributed by atoms with E-state index in [4.69, 9.17) is 4.42 Å². The van der Waals surface area contributed by atoms with Gasteiger partial charge in [-0.15, -0.1) is 0 Å². The van der Waals surface area contributed by atoms with Gasteiger partial charge in [-0.3, -0.25) is 0 Å². The zero-order chi connectivity index (χ0) is 9.97. The van der Waals surface area contributed by atoms with Crippen molar-refractivity contribution in [2.45, 2.75) is 19.3 Å². The Kier molecular flexibility index (Phi) is 2.77. The molecule has 1 N–H and O–H groups in total.